The average molecular weight is 446 g/mol. The van der Waals surface area contributed by atoms with Gasteiger partial charge >= 0.3 is 12.2 Å². The third kappa shape index (κ3) is 4.68. The summed E-state index contributed by atoms with van der Waals surface area (Å²) >= 11 is 0. The van der Waals surface area contributed by atoms with Crippen LogP contribution in [0.4, 0.5) is 23.7 Å². The Labute approximate surface area is 182 Å². The van der Waals surface area contributed by atoms with Gasteiger partial charge in [0.2, 0.25) is 11.7 Å². The second-order valence-corrected chi connectivity index (χ2v) is 7.40. The van der Waals surface area contributed by atoms with E-state index in [0.717, 1.165) is 30.5 Å². The number of halogens is 3. The molecule has 1 N–H and O–H groups in total. The Morgan fingerprint density at radius 3 is 2.69 bits per heavy atom. The van der Waals surface area contributed by atoms with Crippen LogP contribution in [0.25, 0.3) is 11.4 Å². The second-order valence-electron chi connectivity index (χ2n) is 7.40. The molecule has 4 rings (SSSR count). The molecule has 10 heteroatoms. The molecule has 3 aromatic rings. The Kier molecular flexibility index (Phi) is 6.02. The summed E-state index contributed by atoms with van der Waals surface area (Å²) in [5, 5.41) is 6.70. The number of anilines is 1. The van der Waals surface area contributed by atoms with Crippen molar-refractivity contribution in [3.8, 4) is 17.1 Å². The van der Waals surface area contributed by atoms with Crippen LogP contribution >= 0.6 is 0 Å². The number of rotatable bonds is 4. The normalized spacial score (nSPS) is 16.6. The van der Waals surface area contributed by atoms with E-state index in [4.69, 9.17) is 9.26 Å². The molecule has 1 aliphatic heterocycles. The molecule has 168 valence electrons. The molecule has 1 unspecified atom stereocenters. The van der Waals surface area contributed by atoms with Gasteiger partial charge in [-0.3, -0.25) is 0 Å². The van der Waals surface area contributed by atoms with E-state index < -0.39 is 23.8 Å². The number of benzene rings is 2. The first-order valence-corrected chi connectivity index (χ1v) is 10.1. The predicted octanol–water partition coefficient (Wildman–Crippen LogP) is 5.52. The number of ether oxygens (including phenoxy) is 1. The molecular formula is C22H21F3N4O3. The first-order valence-electron chi connectivity index (χ1n) is 10.1. The highest BCUT2D eigenvalue weighted by molar-refractivity contribution is 5.89. The number of piperidine rings is 1. The van der Waals surface area contributed by atoms with Gasteiger partial charge in [0, 0.05) is 17.8 Å². The van der Waals surface area contributed by atoms with Crippen LogP contribution in [0.1, 0.15) is 36.8 Å². The fourth-order valence-corrected chi connectivity index (χ4v) is 3.62. The first-order chi connectivity index (χ1) is 15.3. The van der Waals surface area contributed by atoms with Crippen LogP contribution in [0.3, 0.4) is 0 Å². The number of nitrogens with one attached hydrogen (secondary N) is 1. The molecule has 2 aromatic carbocycles. The molecule has 0 spiro atoms. The highest BCUT2D eigenvalue weighted by Crippen LogP contribution is 2.33. The van der Waals surface area contributed by atoms with E-state index in [1.54, 1.807) is 24.1 Å². The van der Waals surface area contributed by atoms with Crippen LogP contribution in [-0.4, -0.2) is 34.7 Å². The number of hydrogen-bond donors (Lipinski definition) is 1. The molecule has 1 fully saturated rings. The summed E-state index contributed by atoms with van der Waals surface area (Å²) < 4.78 is 48.9. The smallest absolute Gasteiger partial charge is 0.416 e. The highest BCUT2D eigenvalue weighted by atomic mass is 19.4. The van der Waals surface area contributed by atoms with Gasteiger partial charge in [-0.15, -0.1) is 0 Å². The number of carbonyl (C=O) groups excluding carboxylic acids is 1. The van der Waals surface area contributed by atoms with Crippen LogP contribution in [0.2, 0.25) is 0 Å². The Hall–Kier alpha value is -3.56. The van der Waals surface area contributed by atoms with Gasteiger partial charge in [0.15, 0.2) is 0 Å². The molecule has 2 amide bonds. The number of amides is 2. The van der Waals surface area contributed by atoms with Crippen molar-refractivity contribution in [2.75, 3.05) is 19.0 Å². The van der Waals surface area contributed by atoms with Crippen molar-refractivity contribution in [3.05, 3.63) is 60.0 Å². The van der Waals surface area contributed by atoms with E-state index in [9.17, 15) is 18.0 Å². The van der Waals surface area contributed by atoms with E-state index in [2.05, 4.69) is 15.5 Å². The summed E-state index contributed by atoms with van der Waals surface area (Å²) in [4.78, 5) is 18.9. The zero-order chi connectivity index (χ0) is 22.7. The molecule has 1 aromatic heterocycles. The highest BCUT2D eigenvalue weighted by Gasteiger charge is 2.33. The number of likely N-dealkylation sites (tertiary alicyclic amines) is 1. The topological polar surface area (TPSA) is 80.5 Å². The van der Waals surface area contributed by atoms with Crippen molar-refractivity contribution < 1.29 is 27.2 Å². The van der Waals surface area contributed by atoms with Crippen molar-refractivity contribution >= 4 is 11.7 Å². The van der Waals surface area contributed by atoms with Gasteiger partial charge in [-0.2, -0.15) is 18.2 Å². The van der Waals surface area contributed by atoms with Crippen LogP contribution in [0.5, 0.6) is 5.75 Å². The fourth-order valence-electron chi connectivity index (χ4n) is 3.62. The molecule has 0 saturated carbocycles. The van der Waals surface area contributed by atoms with Crippen molar-refractivity contribution in [3.63, 3.8) is 0 Å². The lowest BCUT2D eigenvalue weighted by Gasteiger charge is -2.33. The molecule has 0 radical (unpaired) electrons. The SMILES string of the molecule is COc1cccc(-c2noc(C3CCCCN3C(=O)Nc3ccc(C(F)(F)F)cc3)n2)c1. The lowest BCUT2D eigenvalue weighted by atomic mass is 10.0. The van der Waals surface area contributed by atoms with Crippen LogP contribution in [-0.2, 0) is 6.18 Å². The number of hydrogen-bond acceptors (Lipinski definition) is 5. The Balaban J connectivity index is 1.50. The lowest BCUT2D eigenvalue weighted by molar-refractivity contribution is -0.137. The van der Waals surface area contributed by atoms with Crippen LogP contribution < -0.4 is 10.1 Å². The Morgan fingerprint density at radius 2 is 1.97 bits per heavy atom. The van der Waals surface area contributed by atoms with Gasteiger partial charge in [-0.1, -0.05) is 17.3 Å². The maximum atomic E-state index is 12.9. The van der Waals surface area contributed by atoms with Crippen molar-refractivity contribution in [1.29, 1.82) is 0 Å². The van der Waals surface area contributed by atoms with Crippen molar-refractivity contribution in [2.45, 2.75) is 31.5 Å². The monoisotopic (exact) mass is 446 g/mol. The maximum Gasteiger partial charge on any atom is 0.416 e. The third-order valence-corrected chi connectivity index (χ3v) is 5.28. The minimum atomic E-state index is -4.43. The van der Waals surface area contributed by atoms with Crippen molar-refractivity contribution in [2.24, 2.45) is 0 Å². The fraction of sp³-hybridized carbons (Fsp3) is 0.318. The quantitative estimate of drug-likeness (QED) is 0.571. The summed E-state index contributed by atoms with van der Waals surface area (Å²) in [6, 6.07) is 10.7. The summed E-state index contributed by atoms with van der Waals surface area (Å²) in [5.41, 5.74) is 0.216. The van der Waals surface area contributed by atoms with Gasteiger partial charge in [0.05, 0.1) is 12.7 Å². The number of nitrogens with zero attached hydrogens (tertiary/aromatic N) is 3. The summed E-state index contributed by atoms with van der Waals surface area (Å²) in [6.07, 6.45) is -2.11. The van der Waals surface area contributed by atoms with Gasteiger partial charge < -0.3 is 19.5 Å². The van der Waals surface area contributed by atoms with Gasteiger partial charge in [0.1, 0.15) is 11.8 Å². The molecule has 0 aliphatic carbocycles. The van der Waals surface area contributed by atoms with E-state index in [1.165, 1.54) is 12.1 Å². The molecule has 1 atom stereocenters. The number of carbonyl (C=O) groups is 1. The molecule has 1 saturated heterocycles. The Bertz CT molecular complexity index is 1080. The zero-order valence-corrected chi connectivity index (χ0v) is 17.2. The minimum absolute atomic E-state index is 0.273. The first kappa shape index (κ1) is 21.7. The van der Waals surface area contributed by atoms with Gasteiger partial charge in [-0.25, -0.2) is 4.79 Å². The minimum Gasteiger partial charge on any atom is -0.497 e. The third-order valence-electron chi connectivity index (χ3n) is 5.28. The second kappa shape index (κ2) is 8.89. The predicted molar refractivity (Wildman–Crippen MR) is 110 cm³/mol. The van der Waals surface area contributed by atoms with E-state index in [1.807, 2.05) is 12.1 Å². The molecular weight excluding hydrogens is 425 g/mol. The van der Waals surface area contributed by atoms with Gasteiger partial charge in [-0.05, 0) is 55.7 Å². The van der Waals surface area contributed by atoms with Crippen molar-refractivity contribution in [1.82, 2.24) is 15.0 Å². The molecule has 7 nitrogen and oxygen atoms in total. The van der Waals surface area contributed by atoms with Crippen LogP contribution in [0, 0.1) is 0 Å². The number of methoxy groups -OCH3 is 1. The largest absolute Gasteiger partial charge is 0.497 e. The van der Waals surface area contributed by atoms with Crippen LogP contribution in [0.15, 0.2) is 53.1 Å². The average Bonchev–Trinajstić information content (AvgIpc) is 3.29. The standard InChI is InChI=1S/C22H21F3N4O3/c1-31-17-6-4-5-14(13-17)19-27-20(32-28-19)18-7-2-3-12-29(18)21(30)26-16-10-8-15(9-11-16)22(23,24)25/h4-6,8-11,13,18H,2-3,7,12H2,1H3,(H,26,30). The lowest BCUT2D eigenvalue weighted by Crippen LogP contribution is -2.41. The molecule has 1 aliphatic rings. The van der Waals surface area contributed by atoms with Gasteiger partial charge in [0.25, 0.3) is 0 Å². The number of alkyl halides is 3. The Morgan fingerprint density at radius 1 is 1.19 bits per heavy atom. The zero-order valence-electron chi connectivity index (χ0n) is 17.2. The van der Waals surface area contributed by atoms with E-state index >= 15 is 0 Å². The number of aromatic nitrogens is 2. The van der Waals surface area contributed by atoms with E-state index in [-0.39, 0.29) is 5.69 Å². The molecule has 2 heterocycles. The molecule has 32 heavy (non-hydrogen) atoms. The summed E-state index contributed by atoms with van der Waals surface area (Å²) in [5.74, 6) is 1.35. The summed E-state index contributed by atoms with van der Waals surface area (Å²) in [6.45, 7) is 0.466. The summed E-state index contributed by atoms with van der Waals surface area (Å²) in [7, 11) is 1.57. The maximum absolute atomic E-state index is 12.9. The molecule has 0 bridgehead atoms. The van der Waals surface area contributed by atoms with E-state index in [0.29, 0.717) is 30.4 Å². The number of urea groups is 1.